The molecule has 0 saturated heterocycles. The second kappa shape index (κ2) is 6.13. The number of nitrogens with zero attached hydrogens (tertiary/aromatic N) is 2. The molecule has 2 rings (SSSR count). The summed E-state index contributed by atoms with van der Waals surface area (Å²) in [6, 6.07) is 1.32. The number of carbonyl (C=O) groups is 1. The first-order valence-corrected chi connectivity index (χ1v) is 8.86. The number of sulfonamides is 1. The summed E-state index contributed by atoms with van der Waals surface area (Å²) in [5.41, 5.74) is -5.32. The third-order valence-corrected chi connectivity index (χ3v) is 4.38. The molecule has 24 heavy (non-hydrogen) atoms. The van der Waals surface area contributed by atoms with E-state index in [-0.39, 0.29) is 31.0 Å². The first kappa shape index (κ1) is 18.3. The van der Waals surface area contributed by atoms with Crippen LogP contribution in [-0.2, 0) is 20.4 Å². The van der Waals surface area contributed by atoms with E-state index >= 15 is 4.39 Å². The van der Waals surface area contributed by atoms with Crippen LogP contribution in [0.5, 0.6) is 11.8 Å². The lowest BCUT2D eigenvalue weighted by Gasteiger charge is -2.33. The molecule has 0 radical (unpaired) electrons. The molecule has 2 N–H and O–H groups in total. The van der Waals surface area contributed by atoms with Crippen LogP contribution in [0.2, 0.25) is 0 Å². The molecule has 9 nitrogen and oxygen atoms in total. The molecule has 1 heterocycles. The van der Waals surface area contributed by atoms with Gasteiger partial charge in [0.05, 0.1) is 26.5 Å². The van der Waals surface area contributed by atoms with Gasteiger partial charge in [-0.05, 0) is 19.3 Å². The molecule has 2 atom stereocenters. The van der Waals surface area contributed by atoms with Gasteiger partial charge in [0.2, 0.25) is 27.5 Å². The van der Waals surface area contributed by atoms with Crippen molar-refractivity contribution < 1.29 is 32.2 Å². The number of alkyl halides is 1. The maximum Gasteiger partial charge on any atom is 0.274 e. The zero-order chi connectivity index (χ0) is 18.2. The van der Waals surface area contributed by atoms with Crippen LogP contribution in [0, 0.1) is 0 Å². The number of aliphatic hydroxyl groups is 1. The summed E-state index contributed by atoms with van der Waals surface area (Å²) < 4.78 is 49.3. The van der Waals surface area contributed by atoms with E-state index in [1.165, 1.54) is 20.3 Å². The Kier molecular flexibility index (Phi) is 4.68. The van der Waals surface area contributed by atoms with Gasteiger partial charge in [-0.1, -0.05) is 0 Å². The molecule has 0 aromatic carbocycles. The molecule has 134 valence electrons. The number of amides is 1. The molecule has 1 aliphatic carbocycles. The summed E-state index contributed by atoms with van der Waals surface area (Å²) in [5.74, 6) is -1.87. The van der Waals surface area contributed by atoms with Gasteiger partial charge in [0, 0.05) is 0 Å². The van der Waals surface area contributed by atoms with Crippen LogP contribution < -0.4 is 14.2 Å². The summed E-state index contributed by atoms with van der Waals surface area (Å²) in [6.45, 7) is 0. The molecular weight excluding hydrogens is 345 g/mol. The average molecular weight is 363 g/mol. The molecule has 11 heteroatoms. The van der Waals surface area contributed by atoms with Gasteiger partial charge in [-0.25, -0.2) is 12.8 Å². The van der Waals surface area contributed by atoms with Crippen molar-refractivity contribution in [2.24, 2.45) is 0 Å². The monoisotopic (exact) mass is 363 g/mol. The molecule has 1 aromatic heterocycles. The van der Waals surface area contributed by atoms with E-state index in [9.17, 15) is 18.3 Å². The molecule has 1 fully saturated rings. The standard InChI is InChI=1S/C13H18FN3O6S/c1-22-8-7-9(23-2)16-10(15-8)13(19)6-4-5-12(13,14)11(18)17-24(3,20)21/h7,19H,4-6H2,1-3H3,(H,17,18). The van der Waals surface area contributed by atoms with Gasteiger partial charge in [-0.3, -0.25) is 9.52 Å². The highest BCUT2D eigenvalue weighted by atomic mass is 32.2. The maximum atomic E-state index is 15.4. The van der Waals surface area contributed by atoms with Gasteiger partial charge < -0.3 is 14.6 Å². The molecule has 0 spiro atoms. The van der Waals surface area contributed by atoms with Crippen molar-refractivity contribution in [1.29, 1.82) is 0 Å². The fourth-order valence-electron chi connectivity index (χ4n) is 2.63. The van der Waals surface area contributed by atoms with Crippen molar-refractivity contribution in [3.8, 4) is 11.8 Å². The predicted molar refractivity (Wildman–Crippen MR) is 79.7 cm³/mol. The lowest BCUT2D eigenvalue weighted by Crippen LogP contribution is -2.56. The largest absolute Gasteiger partial charge is 0.481 e. The molecule has 1 aliphatic rings. The van der Waals surface area contributed by atoms with Crippen molar-refractivity contribution >= 4 is 15.9 Å². The Bertz CT molecular complexity index is 736. The van der Waals surface area contributed by atoms with E-state index in [1.54, 1.807) is 4.72 Å². The number of rotatable bonds is 5. The molecule has 0 bridgehead atoms. The summed E-state index contributed by atoms with van der Waals surface area (Å²) in [7, 11) is -1.38. The zero-order valence-electron chi connectivity index (χ0n) is 13.4. The van der Waals surface area contributed by atoms with Crippen LogP contribution in [0.3, 0.4) is 0 Å². The minimum absolute atomic E-state index is 0.00282. The molecular formula is C13H18FN3O6S. The van der Waals surface area contributed by atoms with Gasteiger partial charge in [-0.2, -0.15) is 9.97 Å². The fourth-order valence-corrected chi connectivity index (χ4v) is 3.13. The molecule has 2 unspecified atom stereocenters. The number of methoxy groups -OCH3 is 2. The zero-order valence-corrected chi connectivity index (χ0v) is 14.2. The van der Waals surface area contributed by atoms with Crippen LogP contribution in [0.25, 0.3) is 0 Å². The Balaban J connectivity index is 2.52. The van der Waals surface area contributed by atoms with E-state index < -0.39 is 33.0 Å². The van der Waals surface area contributed by atoms with Crippen molar-refractivity contribution in [3.05, 3.63) is 11.9 Å². The number of hydrogen-bond donors (Lipinski definition) is 2. The lowest BCUT2D eigenvalue weighted by molar-refractivity contribution is -0.152. The van der Waals surface area contributed by atoms with Gasteiger partial charge in [0.25, 0.3) is 5.91 Å². The Morgan fingerprint density at radius 1 is 1.29 bits per heavy atom. The Labute approximate surface area is 138 Å². The number of aromatic nitrogens is 2. The Morgan fingerprint density at radius 3 is 2.29 bits per heavy atom. The molecule has 1 aromatic rings. The number of carbonyl (C=O) groups excluding carboxylic acids is 1. The highest BCUT2D eigenvalue weighted by Gasteiger charge is 2.63. The van der Waals surface area contributed by atoms with Crippen LogP contribution in [0.1, 0.15) is 25.1 Å². The van der Waals surface area contributed by atoms with Crippen molar-refractivity contribution in [2.75, 3.05) is 20.5 Å². The first-order valence-electron chi connectivity index (χ1n) is 6.97. The van der Waals surface area contributed by atoms with Gasteiger partial charge in [0.1, 0.15) is 0 Å². The lowest BCUT2D eigenvalue weighted by atomic mass is 9.86. The van der Waals surface area contributed by atoms with E-state index in [2.05, 4.69) is 9.97 Å². The van der Waals surface area contributed by atoms with Gasteiger partial charge in [-0.15, -0.1) is 0 Å². The summed E-state index contributed by atoms with van der Waals surface area (Å²) in [5, 5.41) is 10.8. The second-order valence-corrected chi connectivity index (χ2v) is 7.24. The topological polar surface area (TPSA) is 128 Å². The molecule has 0 aliphatic heterocycles. The number of hydrogen-bond acceptors (Lipinski definition) is 8. The maximum absolute atomic E-state index is 15.4. The van der Waals surface area contributed by atoms with E-state index in [0.717, 1.165) is 0 Å². The minimum Gasteiger partial charge on any atom is -0.481 e. The Morgan fingerprint density at radius 2 is 1.83 bits per heavy atom. The summed E-state index contributed by atoms with van der Waals surface area (Å²) in [4.78, 5) is 19.9. The summed E-state index contributed by atoms with van der Waals surface area (Å²) >= 11 is 0. The van der Waals surface area contributed by atoms with E-state index in [0.29, 0.717) is 6.26 Å². The van der Waals surface area contributed by atoms with E-state index in [4.69, 9.17) is 9.47 Å². The van der Waals surface area contributed by atoms with Crippen molar-refractivity contribution in [3.63, 3.8) is 0 Å². The third-order valence-electron chi connectivity index (χ3n) is 3.82. The van der Waals surface area contributed by atoms with Gasteiger partial charge >= 0.3 is 0 Å². The smallest absolute Gasteiger partial charge is 0.274 e. The first-order chi connectivity index (χ1) is 11.1. The van der Waals surface area contributed by atoms with Crippen molar-refractivity contribution in [2.45, 2.75) is 30.5 Å². The average Bonchev–Trinajstić information content (AvgIpc) is 2.83. The molecule has 1 saturated carbocycles. The van der Waals surface area contributed by atoms with E-state index in [1.807, 2.05) is 0 Å². The Hall–Kier alpha value is -2.01. The number of ether oxygens (including phenoxy) is 2. The normalized spacial score (nSPS) is 26.9. The third kappa shape index (κ3) is 3.13. The number of nitrogens with one attached hydrogen (secondary N) is 1. The van der Waals surface area contributed by atoms with Crippen molar-refractivity contribution in [1.82, 2.24) is 14.7 Å². The molecule has 1 amide bonds. The minimum atomic E-state index is -4.00. The van der Waals surface area contributed by atoms with Crippen LogP contribution in [0.4, 0.5) is 4.39 Å². The highest BCUT2D eigenvalue weighted by Crippen LogP contribution is 2.48. The second-order valence-electron chi connectivity index (χ2n) is 5.49. The summed E-state index contributed by atoms with van der Waals surface area (Å²) in [6.07, 6.45) is 0.297. The quantitative estimate of drug-likeness (QED) is 0.726. The fraction of sp³-hybridized carbons (Fsp3) is 0.615. The van der Waals surface area contributed by atoms with Crippen LogP contribution in [-0.4, -0.2) is 55.5 Å². The van der Waals surface area contributed by atoms with Crippen LogP contribution in [0.15, 0.2) is 6.07 Å². The SMILES string of the molecule is COc1cc(OC)nc(C2(O)CCCC2(F)C(=O)NS(C)(=O)=O)n1. The number of halogens is 1. The predicted octanol–water partition coefficient (Wildman–Crippen LogP) is -0.351. The highest BCUT2D eigenvalue weighted by molar-refractivity contribution is 7.89. The van der Waals surface area contributed by atoms with Gasteiger partial charge in [0.15, 0.2) is 11.4 Å². The van der Waals surface area contributed by atoms with Crippen LogP contribution >= 0.6 is 0 Å².